The van der Waals surface area contributed by atoms with Crippen molar-refractivity contribution in [3.05, 3.63) is 71.8 Å². The van der Waals surface area contributed by atoms with Crippen LogP contribution in [0.3, 0.4) is 0 Å². The summed E-state index contributed by atoms with van der Waals surface area (Å²) in [6.45, 7) is 23.5. The van der Waals surface area contributed by atoms with Crippen LogP contribution in [0.5, 0.6) is 0 Å². The molecule has 0 fully saturated rings. The summed E-state index contributed by atoms with van der Waals surface area (Å²) in [6.07, 6.45) is 1.22. The maximum Gasteiger partial charge on any atom is -0.00822 e. The molecule has 0 aliphatic carbocycles. The van der Waals surface area contributed by atoms with Crippen LogP contribution in [-0.2, 0) is 0 Å². The van der Waals surface area contributed by atoms with Crippen molar-refractivity contribution in [2.75, 3.05) is 0 Å². The van der Waals surface area contributed by atoms with Crippen molar-refractivity contribution in [1.82, 2.24) is 0 Å². The van der Waals surface area contributed by atoms with E-state index in [2.05, 4.69) is 116 Å². The van der Waals surface area contributed by atoms with E-state index in [4.69, 9.17) is 0 Å². The van der Waals surface area contributed by atoms with Crippen LogP contribution in [0.2, 0.25) is 0 Å². The van der Waals surface area contributed by atoms with Crippen LogP contribution in [0.4, 0.5) is 0 Å². The topological polar surface area (TPSA) is 0 Å². The largest absolute Gasteiger partial charge is 0.0683 e. The predicted molar refractivity (Wildman–Crippen MR) is 132 cm³/mol. The highest BCUT2D eigenvalue weighted by atomic mass is 14.5. The fourth-order valence-corrected chi connectivity index (χ4v) is 5.15. The predicted octanol–water partition coefficient (Wildman–Crippen LogP) is 9.33. The molecular weight excluding hydrogens is 348 g/mol. The van der Waals surface area contributed by atoms with Gasteiger partial charge < -0.3 is 0 Å². The van der Waals surface area contributed by atoms with Gasteiger partial charge in [-0.2, -0.15) is 0 Å². The van der Waals surface area contributed by atoms with Crippen LogP contribution in [0.1, 0.15) is 98.6 Å². The van der Waals surface area contributed by atoms with Gasteiger partial charge in [0, 0.05) is 0 Å². The highest BCUT2D eigenvalue weighted by molar-refractivity contribution is 5.27. The maximum atomic E-state index is 2.51. The van der Waals surface area contributed by atoms with E-state index >= 15 is 0 Å². The molecule has 0 aliphatic rings. The quantitative estimate of drug-likeness (QED) is 0.418. The molecule has 2 aromatic rings. The minimum atomic E-state index is 0.151. The molecule has 0 aromatic heterocycles. The molecule has 0 heterocycles. The smallest absolute Gasteiger partial charge is 0.00822 e. The van der Waals surface area contributed by atoms with Gasteiger partial charge in [-0.05, 0) is 52.0 Å². The second-order valence-corrected chi connectivity index (χ2v) is 10.2. The molecule has 2 unspecified atom stereocenters. The highest BCUT2D eigenvalue weighted by Gasteiger charge is 2.49. The molecule has 29 heavy (non-hydrogen) atoms. The molecule has 0 saturated heterocycles. The highest BCUT2D eigenvalue weighted by Crippen LogP contribution is 2.58. The van der Waals surface area contributed by atoms with Gasteiger partial charge in [-0.1, -0.05) is 130 Å². The van der Waals surface area contributed by atoms with Gasteiger partial charge in [0.05, 0.1) is 0 Å². The summed E-state index contributed by atoms with van der Waals surface area (Å²) in [5.74, 6) is 2.34. The molecule has 0 amide bonds. The van der Waals surface area contributed by atoms with Crippen molar-refractivity contribution in [3.63, 3.8) is 0 Å². The van der Waals surface area contributed by atoms with E-state index < -0.39 is 0 Å². The van der Waals surface area contributed by atoms with E-state index in [-0.39, 0.29) is 10.8 Å². The van der Waals surface area contributed by atoms with Crippen LogP contribution in [0, 0.1) is 22.7 Å². The molecule has 0 spiro atoms. The Morgan fingerprint density at radius 3 is 1.41 bits per heavy atom. The monoisotopic (exact) mass is 394 g/mol. The van der Waals surface area contributed by atoms with Gasteiger partial charge in [0.1, 0.15) is 0 Å². The first kappa shape index (κ1) is 25.5. The molecule has 162 valence electrons. The summed E-state index contributed by atoms with van der Waals surface area (Å²) >= 11 is 0. The summed E-state index contributed by atoms with van der Waals surface area (Å²) in [7, 11) is 0. The lowest BCUT2D eigenvalue weighted by Crippen LogP contribution is -2.44. The van der Waals surface area contributed by atoms with Crippen molar-refractivity contribution in [2.24, 2.45) is 22.7 Å². The number of hydrogen-bond acceptors (Lipinski definition) is 0. The number of rotatable bonds is 8. The Morgan fingerprint density at radius 1 is 0.621 bits per heavy atom. The van der Waals surface area contributed by atoms with E-state index in [9.17, 15) is 0 Å². The SMILES string of the molecule is CC.CC(C)CC(c1ccccc1)C(C)(C)C(C)(C)C(c1ccccc1)C(C)C. The van der Waals surface area contributed by atoms with Crippen molar-refractivity contribution in [1.29, 1.82) is 0 Å². The number of benzene rings is 2. The first-order chi connectivity index (χ1) is 13.6. The fourth-order valence-electron chi connectivity index (χ4n) is 5.15. The first-order valence-electron chi connectivity index (χ1n) is 11.7. The van der Waals surface area contributed by atoms with Gasteiger partial charge in [-0.3, -0.25) is 0 Å². The van der Waals surface area contributed by atoms with Crippen LogP contribution < -0.4 is 0 Å². The molecule has 0 bridgehead atoms. The maximum absolute atomic E-state index is 2.51. The molecule has 0 N–H and O–H groups in total. The van der Waals surface area contributed by atoms with Gasteiger partial charge in [-0.15, -0.1) is 0 Å². The van der Waals surface area contributed by atoms with Crippen molar-refractivity contribution in [2.45, 2.75) is 87.5 Å². The Kier molecular flexibility index (Phi) is 9.66. The lowest BCUT2D eigenvalue weighted by Gasteiger charge is -2.53. The zero-order chi connectivity index (χ0) is 22.2. The average molecular weight is 395 g/mol. The summed E-state index contributed by atoms with van der Waals surface area (Å²) in [5.41, 5.74) is 3.27. The Morgan fingerprint density at radius 2 is 1.03 bits per heavy atom. The van der Waals surface area contributed by atoms with Crippen molar-refractivity contribution in [3.8, 4) is 0 Å². The van der Waals surface area contributed by atoms with E-state index in [1.165, 1.54) is 17.5 Å². The van der Waals surface area contributed by atoms with E-state index in [1.54, 1.807) is 0 Å². The van der Waals surface area contributed by atoms with Crippen molar-refractivity contribution < 1.29 is 0 Å². The third kappa shape index (κ3) is 5.97. The molecule has 2 aromatic carbocycles. The normalized spacial score (nSPS) is 14.3. The molecule has 2 atom stereocenters. The van der Waals surface area contributed by atoms with E-state index in [0.717, 1.165) is 0 Å². The molecule has 0 nitrogen and oxygen atoms in total. The molecule has 0 aliphatic heterocycles. The molecular formula is C29H46. The average Bonchev–Trinajstić information content (AvgIpc) is 2.68. The summed E-state index contributed by atoms with van der Waals surface area (Å²) in [6, 6.07) is 22.3. The molecule has 0 saturated carbocycles. The van der Waals surface area contributed by atoms with Gasteiger partial charge in [0.25, 0.3) is 0 Å². The minimum Gasteiger partial charge on any atom is -0.0683 e. The Bertz CT molecular complexity index is 676. The van der Waals surface area contributed by atoms with E-state index in [1.807, 2.05) is 13.8 Å². The van der Waals surface area contributed by atoms with Crippen LogP contribution >= 0.6 is 0 Å². The van der Waals surface area contributed by atoms with Gasteiger partial charge in [0.15, 0.2) is 0 Å². The Hall–Kier alpha value is -1.56. The van der Waals surface area contributed by atoms with Gasteiger partial charge >= 0.3 is 0 Å². The standard InChI is InChI=1S/C27H40.C2H6/c1-20(2)19-24(22-15-11-9-12-16-22)26(5,6)27(7,8)25(21(3)4)23-17-13-10-14-18-23;1-2/h9-18,20-21,24-25H,19H2,1-8H3;1-2H3. The zero-order valence-corrected chi connectivity index (χ0v) is 20.8. The van der Waals surface area contributed by atoms with Crippen LogP contribution in [-0.4, -0.2) is 0 Å². The van der Waals surface area contributed by atoms with Crippen LogP contribution in [0.15, 0.2) is 60.7 Å². The third-order valence-electron chi connectivity index (χ3n) is 7.04. The Balaban J connectivity index is 0.00000204. The minimum absolute atomic E-state index is 0.151. The molecule has 0 heteroatoms. The van der Waals surface area contributed by atoms with Crippen LogP contribution in [0.25, 0.3) is 0 Å². The zero-order valence-electron chi connectivity index (χ0n) is 20.8. The molecule has 2 rings (SSSR count). The number of hydrogen-bond donors (Lipinski definition) is 0. The van der Waals surface area contributed by atoms with Gasteiger partial charge in [0.2, 0.25) is 0 Å². The summed E-state index contributed by atoms with van der Waals surface area (Å²) < 4.78 is 0. The first-order valence-corrected chi connectivity index (χ1v) is 11.7. The third-order valence-corrected chi connectivity index (χ3v) is 7.04. The Labute approximate surface area is 182 Å². The lowest BCUT2D eigenvalue weighted by molar-refractivity contribution is 0.0230. The summed E-state index contributed by atoms with van der Waals surface area (Å²) in [5, 5.41) is 0. The second kappa shape index (κ2) is 11.0. The van der Waals surface area contributed by atoms with Crippen molar-refractivity contribution >= 4 is 0 Å². The summed E-state index contributed by atoms with van der Waals surface area (Å²) in [4.78, 5) is 0. The fraction of sp³-hybridized carbons (Fsp3) is 0.586. The lowest BCUT2D eigenvalue weighted by atomic mass is 9.51. The van der Waals surface area contributed by atoms with E-state index in [0.29, 0.717) is 23.7 Å². The second-order valence-electron chi connectivity index (χ2n) is 10.2. The molecule has 0 radical (unpaired) electrons. The van der Waals surface area contributed by atoms with Gasteiger partial charge in [-0.25, -0.2) is 0 Å².